The van der Waals surface area contributed by atoms with Crippen LogP contribution in [0, 0.1) is 6.92 Å². The van der Waals surface area contributed by atoms with Crippen molar-refractivity contribution in [2.75, 3.05) is 18.4 Å². The summed E-state index contributed by atoms with van der Waals surface area (Å²) in [5, 5.41) is 3.33. The lowest BCUT2D eigenvalue weighted by Gasteiger charge is -2.37. The van der Waals surface area contributed by atoms with Gasteiger partial charge in [-0.3, -0.25) is 4.79 Å². The molecule has 3 aromatic heterocycles. The van der Waals surface area contributed by atoms with Gasteiger partial charge in [0.25, 0.3) is 0 Å². The van der Waals surface area contributed by atoms with Crippen LogP contribution in [0.25, 0.3) is 22.6 Å². The minimum absolute atomic E-state index is 0.0190. The number of imidazole rings is 1. The van der Waals surface area contributed by atoms with Crippen molar-refractivity contribution >= 4 is 22.9 Å². The van der Waals surface area contributed by atoms with Crippen molar-refractivity contribution in [1.82, 2.24) is 34.4 Å². The molecule has 0 saturated carbocycles. The van der Waals surface area contributed by atoms with E-state index < -0.39 is 6.04 Å². The number of ether oxygens (including phenoxy) is 1. The highest BCUT2D eigenvalue weighted by atomic mass is 16.5. The van der Waals surface area contributed by atoms with Crippen LogP contribution in [0.2, 0.25) is 0 Å². The number of nitrogens with zero attached hydrogens (tertiary/aromatic N) is 7. The lowest BCUT2D eigenvalue weighted by Crippen LogP contribution is -2.52. The highest BCUT2D eigenvalue weighted by Crippen LogP contribution is 2.27. The van der Waals surface area contributed by atoms with Crippen LogP contribution in [0.4, 0.5) is 5.82 Å². The van der Waals surface area contributed by atoms with E-state index >= 15 is 0 Å². The minimum atomic E-state index is -0.413. The predicted molar refractivity (Wildman–Crippen MR) is 121 cm³/mol. The number of fused-ring (bicyclic) bond motifs is 1. The zero-order valence-corrected chi connectivity index (χ0v) is 19.2. The van der Waals surface area contributed by atoms with Crippen molar-refractivity contribution in [3.05, 3.63) is 24.5 Å². The van der Waals surface area contributed by atoms with Crippen molar-refractivity contribution in [2.24, 2.45) is 0 Å². The topological polar surface area (TPSA) is 111 Å². The standard InChI is InChI=1S/C22H30N8O2/c1-6-17(22(31)29-10-13(3)32-14(4)11-29)27-19-18-21(26-12-25-19)30(7-2)20(28-18)16-8-23-15(5)24-9-16/h8-9,12-14,17H,6-7,10-11H2,1-5H3,(H,25,26,27). The van der Waals surface area contributed by atoms with Gasteiger partial charge in [0.2, 0.25) is 5.91 Å². The average molecular weight is 439 g/mol. The Kier molecular flexibility index (Phi) is 6.31. The number of aromatic nitrogens is 6. The number of anilines is 1. The molecule has 0 radical (unpaired) electrons. The summed E-state index contributed by atoms with van der Waals surface area (Å²) in [6.45, 7) is 11.7. The summed E-state index contributed by atoms with van der Waals surface area (Å²) in [6, 6.07) is -0.413. The monoisotopic (exact) mass is 438 g/mol. The molecule has 170 valence electrons. The third-order valence-electron chi connectivity index (χ3n) is 5.64. The van der Waals surface area contributed by atoms with Crippen LogP contribution in [-0.2, 0) is 16.1 Å². The molecule has 4 heterocycles. The van der Waals surface area contributed by atoms with Crippen molar-refractivity contribution < 1.29 is 9.53 Å². The molecule has 3 aromatic rings. The fourth-order valence-electron chi connectivity index (χ4n) is 4.15. The zero-order chi connectivity index (χ0) is 22.8. The number of aryl methyl sites for hydroxylation is 2. The zero-order valence-electron chi connectivity index (χ0n) is 19.2. The molecule has 0 aliphatic carbocycles. The van der Waals surface area contributed by atoms with E-state index in [9.17, 15) is 4.79 Å². The van der Waals surface area contributed by atoms with Crippen molar-refractivity contribution in [2.45, 2.75) is 65.8 Å². The Hall–Kier alpha value is -3.14. The van der Waals surface area contributed by atoms with E-state index in [1.165, 1.54) is 6.33 Å². The molecule has 0 spiro atoms. The SMILES string of the molecule is CCC(Nc1ncnc2c1nc(-c1cnc(C)nc1)n2CC)C(=O)N1CC(C)OC(C)C1. The molecule has 32 heavy (non-hydrogen) atoms. The van der Waals surface area contributed by atoms with Crippen LogP contribution in [-0.4, -0.2) is 71.6 Å². The molecule has 3 unspecified atom stereocenters. The number of nitrogens with one attached hydrogen (secondary N) is 1. The summed E-state index contributed by atoms with van der Waals surface area (Å²) in [4.78, 5) is 37.4. The minimum Gasteiger partial charge on any atom is -0.372 e. The van der Waals surface area contributed by atoms with Gasteiger partial charge in [0.05, 0.1) is 17.8 Å². The average Bonchev–Trinajstić information content (AvgIpc) is 3.16. The molecule has 1 saturated heterocycles. The largest absolute Gasteiger partial charge is 0.372 e. The van der Waals surface area contributed by atoms with Crippen LogP contribution in [0.15, 0.2) is 18.7 Å². The second-order valence-electron chi connectivity index (χ2n) is 8.20. The Labute approximate surface area is 187 Å². The quantitative estimate of drug-likeness (QED) is 0.625. The summed E-state index contributed by atoms with van der Waals surface area (Å²) in [5.74, 6) is 2.02. The normalized spacial score (nSPS) is 19.8. The van der Waals surface area contributed by atoms with Gasteiger partial charge in [0.15, 0.2) is 17.0 Å². The third-order valence-corrected chi connectivity index (χ3v) is 5.64. The number of morpholine rings is 1. The van der Waals surface area contributed by atoms with Gasteiger partial charge >= 0.3 is 0 Å². The first-order valence-electron chi connectivity index (χ1n) is 11.1. The Morgan fingerprint density at radius 1 is 1.16 bits per heavy atom. The van der Waals surface area contributed by atoms with Crippen LogP contribution in [0.5, 0.6) is 0 Å². The maximum absolute atomic E-state index is 13.3. The maximum atomic E-state index is 13.3. The molecule has 3 atom stereocenters. The smallest absolute Gasteiger partial charge is 0.245 e. The van der Waals surface area contributed by atoms with Gasteiger partial charge in [-0.1, -0.05) is 6.92 Å². The van der Waals surface area contributed by atoms with E-state index in [1.807, 2.05) is 44.1 Å². The highest BCUT2D eigenvalue weighted by Gasteiger charge is 2.30. The number of carbonyl (C=O) groups excluding carboxylic acids is 1. The predicted octanol–water partition coefficient (Wildman–Crippen LogP) is 2.44. The van der Waals surface area contributed by atoms with Crippen LogP contribution >= 0.6 is 0 Å². The third kappa shape index (κ3) is 4.27. The second kappa shape index (κ2) is 9.15. The molecule has 1 N–H and O–H groups in total. The fraction of sp³-hybridized carbons (Fsp3) is 0.545. The Morgan fingerprint density at radius 2 is 1.84 bits per heavy atom. The molecular formula is C22H30N8O2. The summed E-state index contributed by atoms with van der Waals surface area (Å²) in [6.07, 6.45) is 5.68. The molecule has 1 amide bonds. The summed E-state index contributed by atoms with van der Waals surface area (Å²) in [7, 11) is 0. The van der Waals surface area contributed by atoms with Crippen LogP contribution < -0.4 is 5.32 Å². The van der Waals surface area contributed by atoms with Crippen LogP contribution in [0.3, 0.4) is 0 Å². The van der Waals surface area contributed by atoms with E-state index in [-0.39, 0.29) is 18.1 Å². The van der Waals surface area contributed by atoms with Gasteiger partial charge in [0.1, 0.15) is 24.0 Å². The van der Waals surface area contributed by atoms with Gasteiger partial charge < -0.3 is 19.5 Å². The Bertz CT molecular complexity index is 1090. The van der Waals surface area contributed by atoms with Crippen molar-refractivity contribution in [3.63, 3.8) is 0 Å². The van der Waals surface area contributed by atoms with E-state index in [1.54, 1.807) is 12.4 Å². The summed E-state index contributed by atoms with van der Waals surface area (Å²) < 4.78 is 7.78. The highest BCUT2D eigenvalue weighted by molar-refractivity contribution is 5.90. The van der Waals surface area contributed by atoms with E-state index in [0.29, 0.717) is 48.9 Å². The molecule has 1 fully saturated rings. The van der Waals surface area contributed by atoms with Gasteiger partial charge in [0, 0.05) is 32.0 Å². The number of amides is 1. The van der Waals surface area contributed by atoms with Gasteiger partial charge in [-0.15, -0.1) is 0 Å². The molecule has 4 rings (SSSR count). The maximum Gasteiger partial charge on any atom is 0.245 e. The summed E-state index contributed by atoms with van der Waals surface area (Å²) in [5.41, 5.74) is 2.14. The molecular weight excluding hydrogens is 408 g/mol. The number of hydrogen-bond donors (Lipinski definition) is 1. The first kappa shape index (κ1) is 22.1. The van der Waals surface area contributed by atoms with Gasteiger partial charge in [-0.2, -0.15) is 0 Å². The van der Waals surface area contributed by atoms with E-state index in [0.717, 1.165) is 11.4 Å². The Balaban J connectivity index is 1.66. The molecule has 10 heteroatoms. The number of carbonyl (C=O) groups is 1. The van der Waals surface area contributed by atoms with Gasteiger partial charge in [-0.25, -0.2) is 24.9 Å². The van der Waals surface area contributed by atoms with Crippen LogP contribution in [0.1, 0.15) is 39.9 Å². The summed E-state index contributed by atoms with van der Waals surface area (Å²) >= 11 is 0. The van der Waals surface area contributed by atoms with E-state index in [2.05, 4.69) is 25.3 Å². The molecule has 10 nitrogen and oxygen atoms in total. The van der Waals surface area contributed by atoms with E-state index in [4.69, 9.17) is 9.72 Å². The number of rotatable bonds is 6. The first-order valence-corrected chi connectivity index (χ1v) is 11.1. The molecule has 1 aliphatic rings. The van der Waals surface area contributed by atoms with Crippen molar-refractivity contribution in [1.29, 1.82) is 0 Å². The fourth-order valence-corrected chi connectivity index (χ4v) is 4.15. The van der Waals surface area contributed by atoms with Crippen molar-refractivity contribution in [3.8, 4) is 11.4 Å². The second-order valence-corrected chi connectivity index (χ2v) is 8.20. The molecule has 1 aliphatic heterocycles. The molecule has 0 aromatic carbocycles. The first-order chi connectivity index (χ1) is 15.4. The lowest BCUT2D eigenvalue weighted by molar-refractivity contribution is -0.144. The number of hydrogen-bond acceptors (Lipinski definition) is 8. The molecule has 0 bridgehead atoms. The van der Waals surface area contributed by atoms with Gasteiger partial charge in [-0.05, 0) is 34.1 Å². The lowest BCUT2D eigenvalue weighted by atomic mass is 10.1. The Morgan fingerprint density at radius 3 is 2.47 bits per heavy atom.